The molecule has 0 amide bonds. The Bertz CT molecular complexity index is 1290. The molecule has 0 aliphatic carbocycles. The zero-order chi connectivity index (χ0) is 34.2. The lowest BCUT2D eigenvalue weighted by Crippen LogP contribution is -2.20. The highest BCUT2D eigenvalue weighted by atomic mass is 31.1. The van der Waals surface area contributed by atoms with E-state index in [1.165, 1.54) is 179 Å². The van der Waals surface area contributed by atoms with Gasteiger partial charge in [0.2, 0.25) is 0 Å². The van der Waals surface area contributed by atoms with Crippen molar-refractivity contribution in [1.82, 2.24) is 0 Å². The molecule has 264 valence electrons. The summed E-state index contributed by atoms with van der Waals surface area (Å²) < 4.78 is 0. The Hall–Kier alpha value is -2.69. The molecule has 1 heteroatoms. The first-order chi connectivity index (χ1) is 24.3. The Kier molecular flexibility index (Phi) is 19.5. The highest BCUT2D eigenvalue weighted by Gasteiger charge is 2.17. The molecular formula is C48H67P. The largest absolute Gasteiger partial charge is 0.0654 e. The highest BCUT2D eigenvalue weighted by Crippen LogP contribution is 2.34. The van der Waals surface area contributed by atoms with Crippen LogP contribution in [0.5, 0.6) is 0 Å². The lowest BCUT2D eigenvalue weighted by atomic mass is 10.0. The zero-order valence-corrected chi connectivity index (χ0v) is 32.2. The van der Waals surface area contributed by atoms with Gasteiger partial charge >= 0.3 is 0 Å². The zero-order valence-electron chi connectivity index (χ0n) is 31.3. The molecule has 0 unspecified atom stereocenters. The van der Waals surface area contributed by atoms with Gasteiger partial charge in [-0.3, -0.25) is 0 Å². The van der Waals surface area contributed by atoms with E-state index < -0.39 is 7.92 Å². The minimum Gasteiger partial charge on any atom is -0.0654 e. The maximum atomic E-state index is 2.43. The van der Waals surface area contributed by atoms with E-state index in [9.17, 15) is 0 Å². The molecule has 0 saturated heterocycles. The lowest BCUT2D eigenvalue weighted by molar-refractivity contribution is 0.556. The second-order valence-corrected chi connectivity index (χ2v) is 16.7. The second-order valence-electron chi connectivity index (χ2n) is 14.4. The van der Waals surface area contributed by atoms with Crippen LogP contribution < -0.4 is 15.9 Å². The van der Waals surface area contributed by atoms with E-state index in [1.807, 2.05) is 0 Å². The molecule has 0 aromatic heterocycles. The van der Waals surface area contributed by atoms with Gasteiger partial charge in [-0.1, -0.05) is 233 Å². The van der Waals surface area contributed by atoms with Crippen molar-refractivity contribution >= 4 is 23.8 Å². The lowest BCUT2D eigenvalue weighted by Gasteiger charge is -2.20. The molecule has 0 nitrogen and oxygen atoms in total. The third-order valence-corrected chi connectivity index (χ3v) is 12.7. The normalized spacial score (nSPS) is 11.4. The molecule has 4 rings (SSSR count). The number of rotatable bonds is 26. The maximum Gasteiger partial charge on any atom is -0.0134 e. The van der Waals surface area contributed by atoms with Crippen molar-refractivity contribution in [1.29, 1.82) is 0 Å². The van der Waals surface area contributed by atoms with Crippen molar-refractivity contribution in [2.75, 3.05) is 0 Å². The van der Waals surface area contributed by atoms with E-state index in [0.29, 0.717) is 0 Å². The monoisotopic (exact) mass is 674 g/mol. The van der Waals surface area contributed by atoms with E-state index in [-0.39, 0.29) is 0 Å². The summed E-state index contributed by atoms with van der Waals surface area (Å²) in [4.78, 5) is 0. The summed E-state index contributed by atoms with van der Waals surface area (Å²) in [6.07, 6.45) is 30.3. The SMILES string of the molecule is CCCCCCCCCCCCc1ccc(P(c2ccc(CCCCCCCCCCCC)cc2)c2ccc(-c3ccccc3)cc2)cc1. The predicted molar refractivity (Wildman–Crippen MR) is 222 cm³/mol. The van der Waals surface area contributed by atoms with E-state index >= 15 is 0 Å². The van der Waals surface area contributed by atoms with Crippen molar-refractivity contribution in [3.05, 3.63) is 114 Å². The van der Waals surface area contributed by atoms with Crippen LogP contribution in [0.3, 0.4) is 0 Å². The van der Waals surface area contributed by atoms with Crippen molar-refractivity contribution in [3.63, 3.8) is 0 Å². The number of aryl methyl sites for hydroxylation is 2. The molecule has 0 N–H and O–H groups in total. The Balaban J connectivity index is 1.32. The van der Waals surface area contributed by atoms with Crippen LogP contribution in [0.1, 0.15) is 153 Å². The van der Waals surface area contributed by atoms with Crippen LogP contribution in [0, 0.1) is 0 Å². The number of unbranched alkanes of at least 4 members (excludes halogenated alkanes) is 18. The average Bonchev–Trinajstić information content (AvgIpc) is 3.15. The first-order valence-corrected chi connectivity index (χ1v) is 21.8. The van der Waals surface area contributed by atoms with Gasteiger partial charge in [-0.15, -0.1) is 0 Å². The van der Waals surface area contributed by atoms with Crippen LogP contribution >= 0.6 is 7.92 Å². The van der Waals surface area contributed by atoms with Crippen LogP contribution in [-0.4, -0.2) is 0 Å². The fraction of sp³-hybridized carbons (Fsp3) is 0.500. The molecule has 4 aromatic rings. The number of benzene rings is 4. The first kappa shape index (κ1) is 39.1. The van der Waals surface area contributed by atoms with E-state index in [4.69, 9.17) is 0 Å². The minimum absolute atomic E-state index is 0.610. The molecule has 0 aliphatic rings. The Morgan fingerprint density at radius 2 is 0.612 bits per heavy atom. The molecule has 0 aliphatic heterocycles. The third kappa shape index (κ3) is 15.0. The molecule has 0 spiro atoms. The summed E-state index contributed by atoms with van der Waals surface area (Å²) in [6, 6.07) is 39.5. The van der Waals surface area contributed by atoms with Gasteiger partial charge in [0.05, 0.1) is 0 Å². The molecule has 4 aromatic carbocycles. The second kappa shape index (κ2) is 24.5. The van der Waals surface area contributed by atoms with Gasteiger partial charge in [0.15, 0.2) is 0 Å². The number of hydrogen-bond acceptors (Lipinski definition) is 0. The molecule has 0 radical (unpaired) electrons. The van der Waals surface area contributed by atoms with Gasteiger partial charge in [0.25, 0.3) is 0 Å². The van der Waals surface area contributed by atoms with Crippen LogP contribution in [0.2, 0.25) is 0 Å². The summed E-state index contributed by atoms with van der Waals surface area (Å²) in [5.41, 5.74) is 5.55. The molecule has 0 fully saturated rings. The fourth-order valence-electron chi connectivity index (χ4n) is 7.14. The van der Waals surface area contributed by atoms with Gasteiger partial charge in [-0.25, -0.2) is 0 Å². The maximum absolute atomic E-state index is 2.43. The minimum atomic E-state index is -0.610. The van der Waals surface area contributed by atoms with Gasteiger partial charge in [-0.2, -0.15) is 0 Å². The standard InChI is InChI=1S/C48H67P/c1-3-5-7-9-11-13-15-17-19-22-26-42-30-36-46(37-31-42)49(48-40-34-45(35-41-48)44-28-24-21-25-29-44)47-38-32-43(33-39-47)27-23-20-18-16-14-12-10-8-6-4-2/h21,24-25,28-41H,3-20,22-23,26-27H2,1-2H3. The Morgan fingerprint density at radius 1 is 0.306 bits per heavy atom. The summed E-state index contributed by atoms with van der Waals surface area (Å²) >= 11 is 0. The third-order valence-electron chi connectivity index (χ3n) is 10.3. The Morgan fingerprint density at radius 3 is 0.980 bits per heavy atom. The van der Waals surface area contributed by atoms with Crippen molar-refractivity contribution in [2.24, 2.45) is 0 Å². The predicted octanol–water partition coefficient (Wildman–Crippen LogP) is 14.0. The molecule has 0 bridgehead atoms. The van der Waals surface area contributed by atoms with Gasteiger partial charge < -0.3 is 0 Å². The van der Waals surface area contributed by atoms with Gasteiger partial charge in [0, 0.05) is 0 Å². The van der Waals surface area contributed by atoms with Gasteiger partial charge in [-0.05, 0) is 71.8 Å². The van der Waals surface area contributed by atoms with E-state index in [0.717, 1.165) is 0 Å². The summed E-state index contributed by atoms with van der Waals surface area (Å²) in [5, 5.41) is 4.34. The van der Waals surface area contributed by atoms with Crippen molar-refractivity contribution in [2.45, 2.75) is 155 Å². The average molecular weight is 675 g/mol. The first-order valence-electron chi connectivity index (χ1n) is 20.4. The van der Waals surface area contributed by atoms with E-state index in [1.54, 1.807) is 0 Å². The fourth-order valence-corrected chi connectivity index (χ4v) is 9.37. The van der Waals surface area contributed by atoms with Crippen LogP contribution in [-0.2, 0) is 12.8 Å². The summed E-state index contributed by atoms with van der Waals surface area (Å²) in [6.45, 7) is 4.60. The van der Waals surface area contributed by atoms with Crippen molar-refractivity contribution in [3.8, 4) is 11.1 Å². The summed E-state index contributed by atoms with van der Waals surface area (Å²) in [7, 11) is -0.610. The Labute approximate surface area is 303 Å². The van der Waals surface area contributed by atoms with E-state index in [2.05, 4.69) is 117 Å². The summed E-state index contributed by atoms with van der Waals surface area (Å²) in [5.74, 6) is 0. The van der Waals surface area contributed by atoms with Crippen LogP contribution in [0.4, 0.5) is 0 Å². The highest BCUT2D eigenvalue weighted by molar-refractivity contribution is 7.79. The molecule has 0 heterocycles. The molecule has 0 atom stereocenters. The molecule has 49 heavy (non-hydrogen) atoms. The van der Waals surface area contributed by atoms with Crippen LogP contribution in [0.25, 0.3) is 11.1 Å². The number of hydrogen-bond donors (Lipinski definition) is 0. The molecular weight excluding hydrogens is 608 g/mol. The topological polar surface area (TPSA) is 0 Å². The van der Waals surface area contributed by atoms with Crippen LogP contribution in [0.15, 0.2) is 103 Å². The van der Waals surface area contributed by atoms with Crippen molar-refractivity contribution < 1.29 is 0 Å². The van der Waals surface area contributed by atoms with Gasteiger partial charge in [0.1, 0.15) is 0 Å². The smallest absolute Gasteiger partial charge is 0.0134 e. The molecule has 0 saturated carbocycles. The quantitative estimate of drug-likeness (QED) is 0.0459.